The normalized spacial score (nSPS) is 11.9. The number of hydrogen-bond donors (Lipinski definition) is 1. The lowest BCUT2D eigenvalue weighted by atomic mass is 10.2. The van der Waals surface area contributed by atoms with Crippen LogP contribution in [0.3, 0.4) is 0 Å². The molecular formula is C11H13FO4. The molecule has 0 aliphatic carbocycles. The molecule has 0 fully saturated rings. The van der Waals surface area contributed by atoms with Gasteiger partial charge in [0.25, 0.3) is 0 Å². The van der Waals surface area contributed by atoms with E-state index in [2.05, 4.69) is 4.74 Å². The summed E-state index contributed by atoms with van der Waals surface area (Å²) in [4.78, 5) is 10.8. The number of hydrogen-bond acceptors (Lipinski definition) is 4. The molecule has 0 spiro atoms. The molecule has 1 unspecified atom stereocenters. The minimum Gasteiger partial charge on any atom is -0.493 e. The van der Waals surface area contributed by atoms with Gasteiger partial charge in [-0.05, 0) is 12.1 Å². The number of methoxy groups -OCH3 is 1. The van der Waals surface area contributed by atoms with E-state index in [1.165, 1.54) is 25.3 Å². The molecule has 1 atom stereocenters. The van der Waals surface area contributed by atoms with Crippen LogP contribution in [0.2, 0.25) is 0 Å². The van der Waals surface area contributed by atoms with Crippen molar-refractivity contribution in [1.82, 2.24) is 0 Å². The first-order valence-electron chi connectivity index (χ1n) is 4.77. The van der Waals surface area contributed by atoms with Gasteiger partial charge in [0.1, 0.15) is 11.6 Å². The van der Waals surface area contributed by atoms with Crippen LogP contribution in [0, 0.1) is 5.82 Å². The van der Waals surface area contributed by atoms with Gasteiger partial charge in [0.15, 0.2) is 6.10 Å². The Bertz CT molecular complexity index is 354. The molecule has 88 valence electrons. The summed E-state index contributed by atoms with van der Waals surface area (Å²) < 4.78 is 22.2. The van der Waals surface area contributed by atoms with Gasteiger partial charge in [-0.3, -0.25) is 0 Å². The molecule has 1 aromatic carbocycles. The number of carbonyl (C=O) groups excluding carboxylic acids is 1. The third-order valence-corrected chi connectivity index (χ3v) is 1.93. The summed E-state index contributed by atoms with van der Waals surface area (Å²) in [6.45, 7) is 0.111. The van der Waals surface area contributed by atoms with Gasteiger partial charge in [-0.1, -0.05) is 6.07 Å². The maximum atomic E-state index is 12.7. The van der Waals surface area contributed by atoms with Crippen molar-refractivity contribution < 1.29 is 23.8 Å². The zero-order valence-corrected chi connectivity index (χ0v) is 8.85. The Morgan fingerprint density at radius 2 is 2.31 bits per heavy atom. The van der Waals surface area contributed by atoms with Crippen molar-refractivity contribution >= 4 is 5.97 Å². The lowest BCUT2D eigenvalue weighted by Gasteiger charge is -2.09. The Kier molecular flexibility index (Phi) is 4.72. The van der Waals surface area contributed by atoms with Crippen molar-refractivity contribution in [2.45, 2.75) is 12.5 Å². The summed E-state index contributed by atoms with van der Waals surface area (Å²) in [5.41, 5.74) is 0. The fourth-order valence-electron chi connectivity index (χ4n) is 1.10. The Morgan fingerprint density at radius 3 is 2.94 bits per heavy atom. The highest BCUT2D eigenvalue weighted by molar-refractivity contribution is 5.74. The molecular weight excluding hydrogens is 215 g/mol. The van der Waals surface area contributed by atoms with Crippen LogP contribution >= 0.6 is 0 Å². The second-order valence-electron chi connectivity index (χ2n) is 3.13. The number of benzene rings is 1. The highest BCUT2D eigenvalue weighted by atomic mass is 19.1. The Hall–Kier alpha value is -1.62. The predicted octanol–water partition coefficient (Wildman–Crippen LogP) is 1.13. The highest BCUT2D eigenvalue weighted by Crippen LogP contribution is 2.12. The topological polar surface area (TPSA) is 55.8 Å². The SMILES string of the molecule is COC(=O)C(O)CCOc1cccc(F)c1. The number of esters is 1. The first kappa shape index (κ1) is 12.4. The van der Waals surface area contributed by atoms with E-state index in [4.69, 9.17) is 4.74 Å². The van der Waals surface area contributed by atoms with E-state index in [1.807, 2.05) is 0 Å². The lowest BCUT2D eigenvalue weighted by molar-refractivity contribution is -0.151. The molecule has 0 aliphatic heterocycles. The van der Waals surface area contributed by atoms with Crippen LogP contribution in [0.15, 0.2) is 24.3 Å². The van der Waals surface area contributed by atoms with Gasteiger partial charge in [0.2, 0.25) is 0 Å². The molecule has 0 saturated carbocycles. The molecule has 0 saturated heterocycles. The van der Waals surface area contributed by atoms with Crippen molar-refractivity contribution in [3.63, 3.8) is 0 Å². The van der Waals surface area contributed by atoms with Gasteiger partial charge in [-0.25, -0.2) is 9.18 Å². The van der Waals surface area contributed by atoms with Crippen molar-refractivity contribution in [2.75, 3.05) is 13.7 Å². The molecule has 0 bridgehead atoms. The predicted molar refractivity (Wildman–Crippen MR) is 54.5 cm³/mol. The van der Waals surface area contributed by atoms with Gasteiger partial charge in [0.05, 0.1) is 13.7 Å². The Labute approximate surface area is 92.6 Å². The van der Waals surface area contributed by atoms with E-state index in [-0.39, 0.29) is 13.0 Å². The maximum Gasteiger partial charge on any atom is 0.334 e. The summed E-state index contributed by atoms with van der Waals surface area (Å²) in [5.74, 6) is -0.745. The number of aliphatic hydroxyl groups excluding tert-OH is 1. The second kappa shape index (κ2) is 6.07. The number of halogens is 1. The van der Waals surface area contributed by atoms with Gasteiger partial charge in [-0.15, -0.1) is 0 Å². The van der Waals surface area contributed by atoms with Gasteiger partial charge in [-0.2, -0.15) is 0 Å². The minimum atomic E-state index is -1.21. The number of rotatable bonds is 5. The summed E-state index contributed by atoms with van der Waals surface area (Å²) >= 11 is 0. The standard InChI is InChI=1S/C11H13FO4/c1-15-11(14)10(13)5-6-16-9-4-2-3-8(12)7-9/h2-4,7,10,13H,5-6H2,1H3. The highest BCUT2D eigenvalue weighted by Gasteiger charge is 2.14. The smallest absolute Gasteiger partial charge is 0.334 e. The van der Waals surface area contributed by atoms with E-state index in [9.17, 15) is 14.3 Å². The third-order valence-electron chi connectivity index (χ3n) is 1.93. The van der Waals surface area contributed by atoms with E-state index in [0.717, 1.165) is 0 Å². The fraction of sp³-hybridized carbons (Fsp3) is 0.364. The lowest BCUT2D eigenvalue weighted by Crippen LogP contribution is -2.23. The third kappa shape index (κ3) is 3.86. The van der Waals surface area contributed by atoms with E-state index in [1.54, 1.807) is 6.07 Å². The van der Waals surface area contributed by atoms with Gasteiger partial charge in [0, 0.05) is 12.5 Å². The van der Waals surface area contributed by atoms with Crippen molar-refractivity contribution in [1.29, 1.82) is 0 Å². The molecule has 5 heteroatoms. The summed E-state index contributed by atoms with van der Waals surface area (Å²) in [7, 11) is 1.19. The molecule has 1 N–H and O–H groups in total. The summed E-state index contributed by atoms with van der Waals surface area (Å²) in [6.07, 6.45) is -1.11. The molecule has 0 aliphatic rings. The van der Waals surface area contributed by atoms with E-state index >= 15 is 0 Å². The average molecular weight is 228 g/mol. The molecule has 1 aromatic rings. The quantitative estimate of drug-likeness (QED) is 0.767. The zero-order valence-electron chi connectivity index (χ0n) is 8.85. The Morgan fingerprint density at radius 1 is 1.56 bits per heavy atom. The van der Waals surface area contributed by atoms with Crippen LogP contribution in [0.5, 0.6) is 5.75 Å². The van der Waals surface area contributed by atoms with E-state index < -0.39 is 17.9 Å². The molecule has 0 aromatic heterocycles. The van der Waals surface area contributed by atoms with E-state index in [0.29, 0.717) is 5.75 Å². The molecule has 0 amide bonds. The van der Waals surface area contributed by atoms with Crippen LogP contribution in [0.1, 0.15) is 6.42 Å². The molecule has 0 radical (unpaired) electrons. The zero-order chi connectivity index (χ0) is 12.0. The van der Waals surface area contributed by atoms with Gasteiger partial charge >= 0.3 is 5.97 Å². The first-order valence-corrected chi connectivity index (χ1v) is 4.77. The van der Waals surface area contributed by atoms with Crippen LogP contribution in [-0.4, -0.2) is 30.9 Å². The fourth-order valence-corrected chi connectivity index (χ4v) is 1.10. The van der Waals surface area contributed by atoms with Crippen LogP contribution in [0.4, 0.5) is 4.39 Å². The first-order chi connectivity index (χ1) is 7.63. The van der Waals surface area contributed by atoms with Crippen LogP contribution in [-0.2, 0) is 9.53 Å². The number of aliphatic hydroxyl groups is 1. The van der Waals surface area contributed by atoms with Crippen molar-refractivity contribution in [3.05, 3.63) is 30.1 Å². The number of ether oxygens (including phenoxy) is 2. The average Bonchev–Trinajstić information content (AvgIpc) is 2.28. The second-order valence-corrected chi connectivity index (χ2v) is 3.13. The van der Waals surface area contributed by atoms with Crippen LogP contribution in [0.25, 0.3) is 0 Å². The summed E-state index contributed by atoms with van der Waals surface area (Å²) in [6, 6.07) is 5.63. The maximum absolute atomic E-state index is 12.7. The Balaban J connectivity index is 2.33. The van der Waals surface area contributed by atoms with Crippen molar-refractivity contribution in [3.8, 4) is 5.75 Å². The van der Waals surface area contributed by atoms with Crippen molar-refractivity contribution in [2.24, 2.45) is 0 Å². The minimum absolute atomic E-state index is 0.100. The monoisotopic (exact) mass is 228 g/mol. The van der Waals surface area contributed by atoms with Crippen LogP contribution < -0.4 is 4.74 Å². The molecule has 0 heterocycles. The molecule has 4 nitrogen and oxygen atoms in total. The summed E-state index contributed by atoms with van der Waals surface area (Å²) in [5, 5.41) is 9.22. The number of carbonyl (C=O) groups is 1. The molecule has 1 rings (SSSR count). The largest absolute Gasteiger partial charge is 0.493 e. The molecule has 16 heavy (non-hydrogen) atoms. The van der Waals surface area contributed by atoms with Gasteiger partial charge < -0.3 is 14.6 Å².